The molecule has 8 nitrogen and oxygen atoms in total. The number of aryl methyl sites for hydroxylation is 2. The lowest BCUT2D eigenvalue weighted by atomic mass is 9.98. The summed E-state index contributed by atoms with van der Waals surface area (Å²) in [6.45, 7) is 3.98. The lowest BCUT2D eigenvalue weighted by Gasteiger charge is -2.19. The van der Waals surface area contributed by atoms with Crippen LogP contribution in [0.1, 0.15) is 41.6 Å². The molecule has 0 spiro atoms. The second kappa shape index (κ2) is 11.2. The fourth-order valence-electron chi connectivity index (χ4n) is 3.61. The lowest BCUT2D eigenvalue weighted by Crippen LogP contribution is -2.36. The molecule has 0 saturated heterocycles. The molecule has 3 N–H and O–H groups in total. The first-order chi connectivity index (χ1) is 16.3. The molecule has 0 fully saturated rings. The number of carbonyl (C=O) groups is 2. The highest BCUT2D eigenvalue weighted by atomic mass is 16.5. The predicted molar refractivity (Wildman–Crippen MR) is 130 cm³/mol. The number of nitrogens with one attached hydrogen (secondary N) is 2. The number of amides is 2. The Labute approximate surface area is 198 Å². The van der Waals surface area contributed by atoms with Crippen molar-refractivity contribution in [3.63, 3.8) is 0 Å². The summed E-state index contributed by atoms with van der Waals surface area (Å²) >= 11 is 0. The number of benzene rings is 2. The second-order valence-electron chi connectivity index (χ2n) is 8.06. The number of hydrogen-bond acceptors (Lipinski definition) is 5. The highest BCUT2D eigenvalue weighted by Crippen LogP contribution is 2.21. The van der Waals surface area contributed by atoms with E-state index >= 15 is 0 Å². The monoisotopic (exact) mass is 463 g/mol. The minimum atomic E-state index is -0.725. The van der Waals surface area contributed by atoms with Crippen LogP contribution in [0, 0.1) is 6.92 Å². The van der Waals surface area contributed by atoms with Gasteiger partial charge in [0.05, 0.1) is 19.1 Å². The zero-order valence-electron chi connectivity index (χ0n) is 19.5. The molecule has 1 atom stereocenters. The quantitative estimate of drug-likeness (QED) is 0.440. The number of nitrogens with zero attached hydrogens (tertiary/aromatic N) is 1. The molecule has 0 radical (unpaired) electrons. The number of carbonyl (C=O) groups excluding carboxylic acids is 2. The van der Waals surface area contributed by atoms with E-state index in [0.29, 0.717) is 5.56 Å². The average molecular weight is 464 g/mol. The molecule has 1 aromatic heterocycles. The molecule has 3 rings (SSSR count). The Morgan fingerprint density at radius 1 is 1.09 bits per heavy atom. The zero-order chi connectivity index (χ0) is 24.7. The minimum absolute atomic E-state index is 0.0860. The maximum Gasteiger partial charge on any atom is 0.319 e. The van der Waals surface area contributed by atoms with Gasteiger partial charge in [-0.3, -0.25) is 9.59 Å². The molecular formula is C26H29N3O5. The van der Waals surface area contributed by atoms with Crippen LogP contribution in [0.25, 0.3) is 0 Å². The van der Waals surface area contributed by atoms with E-state index in [9.17, 15) is 19.5 Å². The second-order valence-corrected chi connectivity index (χ2v) is 8.06. The molecule has 2 amide bonds. The van der Waals surface area contributed by atoms with Crippen molar-refractivity contribution in [2.24, 2.45) is 7.05 Å². The van der Waals surface area contributed by atoms with E-state index in [1.807, 2.05) is 43.3 Å². The molecule has 0 aliphatic rings. The number of ether oxygens (including phenoxy) is 1. The summed E-state index contributed by atoms with van der Waals surface area (Å²) < 4.78 is 6.29. The average Bonchev–Trinajstić information content (AvgIpc) is 2.79. The Kier molecular flexibility index (Phi) is 8.08. The van der Waals surface area contributed by atoms with Crippen molar-refractivity contribution in [1.82, 2.24) is 9.88 Å². The van der Waals surface area contributed by atoms with Crippen molar-refractivity contribution in [1.29, 1.82) is 0 Å². The normalized spacial score (nSPS) is 11.5. The van der Waals surface area contributed by atoms with Crippen LogP contribution in [-0.2, 0) is 23.0 Å². The Hall–Kier alpha value is -4.07. The largest absolute Gasteiger partial charge is 0.505 e. The van der Waals surface area contributed by atoms with Gasteiger partial charge >= 0.3 is 12.0 Å². The number of aromatic nitrogens is 1. The third-order valence-electron chi connectivity index (χ3n) is 5.34. The molecule has 0 unspecified atom stereocenters. The summed E-state index contributed by atoms with van der Waals surface area (Å²) in [7, 11) is 1.51. The minimum Gasteiger partial charge on any atom is -0.505 e. The van der Waals surface area contributed by atoms with Crippen LogP contribution in [0.5, 0.6) is 5.75 Å². The first-order valence-electron chi connectivity index (χ1n) is 11.0. The highest BCUT2D eigenvalue weighted by Gasteiger charge is 2.21. The van der Waals surface area contributed by atoms with Gasteiger partial charge in [0.15, 0.2) is 5.69 Å². The third kappa shape index (κ3) is 6.48. The summed E-state index contributed by atoms with van der Waals surface area (Å²) in [6, 6.07) is 15.8. The summed E-state index contributed by atoms with van der Waals surface area (Å²) in [6.07, 6.45) is 2.06. The maximum absolute atomic E-state index is 12.7. The number of esters is 1. The number of anilines is 1. The number of urea groups is 1. The number of hydrogen-bond donors (Lipinski definition) is 3. The number of aromatic hydroxyl groups is 1. The van der Waals surface area contributed by atoms with E-state index in [4.69, 9.17) is 4.74 Å². The first-order valence-corrected chi connectivity index (χ1v) is 11.0. The van der Waals surface area contributed by atoms with Gasteiger partial charge in [-0.25, -0.2) is 4.79 Å². The third-order valence-corrected chi connectivity index (χ3v) is 5.34. The summed E-state index contributed by atoms with van der Waals surface area (Å²) in [5.74, 6) is -0.809. The van der Waals surface area contributed by atoms with Crippen LogP contribution < -0.4 is 16.2 Å². The van der Waals surface area contributed by atoms with Crippen LogP contribution in [0.3, 0.4) is 0 Å². The van der Waals surface area contributed by atoms with Crippen molar-refractivity contribution >= 4 is 17.7 Å². The van der Waals surface area contributed by atoms with E-state index in [0.717, 1.165) is 12.0 Å². The van der Waals surface area contributed by atoms with Crippen LogP contribution in [-0.4, -0.2) is 28.3 Å². The molecule has 0 bridgehead atoms. The van der Waals surface area contributed by atoms with Gasteiger partial charge in [-0.15, -0.1) is 0 Å². The van der Waals surface area contributed by atoms with Gasteiger partial charge in [0.2, 0.25) is 0 Å². The first kappa shape index (κ1) is 24.6. The molecule has 1 heterocycles. The van der Waals surface area contributed by atoms with Gasteiger partial charge in [0.1, 0.15) is 5.75 Å². The van der Waals surface area contributed by atoms with Gasteiger partial charge in [0, 0.05) is 13.2 Å². The van der Waals surface area contributed by atoms with Crippen molar-refractivity contribution < 1.29 is 19.4 Å². The predicted octanol–water partition coefficient (Wildman–Crippen LogP) is 3.81. The maximum atomic E-state index is 12.7. The standard InChI is InChI=1S/C26H29N3O5/c1-4-34-23(31)16-21(27-26(33)28-24-22(30)12-13-29(3)25(24)32)20-10-8-18(9-11-20)15-19-7-5-6-17(2)14-19/h5-14,21,30H,4,15-16H2,1-3H3,(H2,27,28,33)/t21-/m0/s1. The lowest BCUT2D eigenvalue weighted by molar-refractivity contribution is -0.143. The molecule has 3 aromatic rings. The Morgan fingerprint density at radius 2 is 1.82 bits per heavy atom. The fraction of sp³-hybridized carbons (Fsp3) is 0.269. The van der Waals surface area contributed by atoms with E-state index in [1.54, 1.807) is 6.92 Å². The van der Waals surface area contributed by atoms with E-state index in [2.05, 4.69) is 22.8 Å². The van der Waals surface area contributed by atoms with E-state index in [1.165, 1.54) is 35.0 Å². The van der Waals surface area contributed by atoms with Crippen molar-refractivity contribution in [2.75, 3.05) is 11.9 Å². The van der Waals surface area contributed by atoms with Gasteiger partial charge in [-0.1, -0.05) is 54.1 Å². The molecule has 0 aliphatic heterocycles. The van der Waals surface area contributed by atoms with Gasteiger partial charge < -0.3 is 25.0 Å². The molecule has 0 aliphatic carbocycles. The smallest absolute Gasteiger partial charge is 0.319 e. The molecule has 2 aromatic carbocycles. The SMILES string of the molecule is CCOC(=O)C[C@H](NC(=O)Nc1c(O)ccn(C)c1=O)c1ccc(Cc2cccc(C)c2)cc1. The van der Waals surface area contributed by atoms with Crippen molar-refractivity contribution in [3.05, 3.63) is 93.4 Å². The number of pyridine rings is 1. The van der Waals surface area contributed by atoms with Crippen molar-refractivity contribution in [2.45, 2.75) is 32.7 Å². The Balaban J connectivity index is 1.77. The summed E-state index contributed by atoms with van der Waals surface area (Å²) in [5, 5.41) is 15.1. The van der Waals surface area contributed by atoms with E-state index < -0.39 is 23.6 Å². The molecule has 8 heteroatoms. The van der Waals surface area contributed by atoms with Crippen molar-refractivity contribution in [3.8, 4) is 5.75 Å². The number of rotatable bonds is 8. The molecule has 178 valence electrons. The Bertz CT molecular complexity index is 1220. The van der Waals surface area contributed by atoms with Gasteiger partial charge in [0.25, 0.3) is 5.56 Å². The Morgan fingerprint density at radius 3 is 2.50 bits per heavy atom. The van der Waals surface area contributed by atoms with Crippen LogP contribution in [0.2, 0.25) is 0 Å². The topological polar surface area (TPSA) is 110 Å². The zero-order valence-corrected chi connectivity index (χ0v) is 19.5. The van der Waals surface area contributed by atoms with Gasteiger partial charge in [-0.2, -0.15) is 0 Å². The summed E-state index contributed by atoms with van der Waals surface area (Å²) in [5.41, 5.74) is 3.38. The molecule has 34 heavy (non-hydrogen) atoms. The fourth-order valence-corrected chi connectivity index (χ4v) is 3.61. The van der Waals surface area contributed by atoms with Gasteiger partial charge in [-0.05, 0) is 43.0 Å². The molecule has 0 saturated carbocycles. The molecular weight excluding hydrogens is 434 g/mol. The summed E-state index contributed by atoms with van der Waals surface area (Å²) in [4.78, 5) is 37.1. The van der Waals surface area contributed by atoms with Crippen LogP contribution in [0.15, 0.2) is 65.6 Å². The highest BCUT2D eigenvalue weighted by molar-refractivity contribution is 5.91. The van der Waals surface area contributed by atoms with Crippen LogP contribution in [0.4, 0.5) is 10.5 Å². The van der Waals surface area contributed by atoms with E-state index in [-0.39, 0.29) is 24.5 Å². The van der Waals surface area contributed by atoms with Crippen LogP contribution >= 0.6 is 0 Å².